The maximum absolute atomic E-state index is 13.4. The lowest BCUT2D eigenvalue weighted by Crippen LogP contribution is -2.42. The largest absolute Gasteiger partial charge is 0.496 e. The van der Waals surface area contributed by atoms with Crippen molar-refractivity contribution in [3.05, 3.63) is 58.1 Å². The van der Waals surface area contributed by atoms with Crippen molar-refractivity contribution in [3.63, 3.8) is 0 Å². The molecular formula is C22H26ClNO2. The van der Waals surface area contributed by atoms with Gasteiger partial charge < -0.3 is 10.1 Å². The van der Waals surface area contributed by atoms with Crippen LogP contribution in [0.25, 0.3) is 0 Å². The second-order valence-electron chi connectivity index (χ2n) is 7.22. The molecule has 0 atom stereocenters. The first-order valence-corrected chi connectivity index (χ1v) is 9.57. The summed E-state index contributed by atoms with van der Waals surface area (Å²) in [6.45, 7) is 3.98. The lowest BCUT2D eigenvalue weighted by molar-refractivity contribution is -0.122. The average Bonchev–Trinajstić information content (AvgIpc) is 2.62. The summed E-state index contributed by atoms with van der Waals surface area (Å²) in [4.78, 5) is 13.4. The first kappa shape index (κ1) is 18.8. The van der Waals surface area contributed by atoms with E-state index in [2.05, 4.69) is 5.32 Å². The van der Waals surface area contributed by atoms with Crippen LogP contribution in [0.2, 0.25) is 5.02 Å². The predicted molar refractivity (Wildman–Crippen MR) is 107 cm³/mol. The maximum Gasteiger partial charge on any atom is 0.235 e. The SMILES string of the molecule is COc1c(C)cc(NC(=O)C2(c3ccccc3Cl)CCCCC2)cc1C. The lowest BCUT2D eigenvalue weighted by atomic mass is 9.68. The number of benzene rings is 2. The second kappa shape index (κ2) is 7.71. The molecule has 0 bridgehead atoms. The zero-order valence-corrected chi connectivity index (χ0v) is 16.5. The van der Waals surface area contributed by atoms with Gasteiger partial charge >= 0.3 is 0 Å². The normalized spacial score (nSPS) is 16.2. The predicted octanol–water partition coefficient (Wildman–Crippen LogP) is 5.81. The monoisotopic (exact) mass is 371 g/mol. The summed E-state index contributed by atoms with van der Waals surface area (Å²) >= 11 is 6.49. The van der Waals surface area contributed by atoms with Gasteiger partial charge in [0.05, 0.1) is 12.5 Å². The van der Waals surface area contributed by atoms with Crippen LogP contribution < -0.4 is 10.1 Å². The zero-order valence-electron chi connectivity index (χ0n) is 15.7. The Morgan fingerprint density at radius 2 is 1.69 bits per heavy atom. The van der Waals surface area contributed by atoms with Crippen LogP contribution in [0.3, 0.4) is 0 Å². The number of halogens is 1. The summed E-state index contributed by atoms with van der Waals surface area (Å²) in [5.41, 5.74) is 3.22. The van der Waals surface area contributed by atoms with E-state index in [0.29, 0.717) is 5.02 Å². The topological polar surface area (TPSA) is 38.3 Å². The Kier molecular flexibility index (Phi) is 5.57. The Bertz CT molecular complexity index is 787. The second-order valence-corrected chi connectivity index (χ2v) is 7.63. The van der Waals surface area contributed by atoms with E-state index in [9.17, 15) is 4.79 Å². The molecule has 1 aliphatic rings. The number of anilines is 1. The van der Waals surface area contributed by atoms with Crippen molar-refractivity contribution in [1.29, 1.82) is 0 Å². The molecule has 0 aromatic heterocycles. The zero-order chi connectivity index (χ0) is 18.7. The van der Waals surface area contributed by atoms with Crippen LogP contribution in [-0.2, 0) is 10.2 Å². The molecule has 0 radical (unpaired) electrons. The Morgan fingerprint density at radius 3 is 2.27 bits per heavy atom. The van der Waals surface area contributed by atoms with Gasteiger partial charge in [-0.1, -0.05) is 49.1 Å². The molecule has 26 heavy (non-hydrogen) atoms. The number of methoxy groups -OCH3 is 1. The van der Waals surface area contributed by atoms with Gasteiger partial charge in [0.15, 0.2) is 0 Å². The smallest absolute Gasteiger partial charge is 0.235 e. The summed E-state index contributed by atoms with van der Waals surface area (Å²) in [6, 6.07) is 11.7. The van der Waals surface area contributed by atoms with Gasteiger partial charge in [0.1, 0.15) is 5.75 Å². The number of nitrogens with one attached hydrogen (secondary N) is 1. The third-order valence-corrected chi connectivity index (χ3v) is 5.78. The molecule has 0 saturated heterocycles. The third kappa shape index (κ3) is 3.45. The standard InChI is InChI=1S/C22H26ClNO2/c1-15-13-17(14-16(2)20(15)26-3)24-21(25)22(11-7-4-8-12-22)18-9-5-6-10-19(18)23/h5-6,9-10,13-14H,4,7-8,11-12H2,1-3H3,(H,24,25). The van der Waals surface area contributed by atoms with Crippen molar-refractivity contribution in [3.8, 4) is 5.75 Å². The van der Waals surface area contributed by atoms with Crippen molar-refractivity contribution in [2.24, 2.45) is 0 Å². The van der Waals surface area contributed by atoms with Crippen molar-refractivity contribution in [1.82, 2.24) is 0 Å². The van der Waals surface area contributed by atoms with E-state index < -0.39 is 5.41 Å². The highest BCUT2D eigenvalue weighted by Crippen LogP contribution is 2.43. The molecule has 1 amide bonds. The van der Waals surface area contributed by atoms with Crippen LogP contribution in [0, 0.1) is 13.8 Å². The summed E-state index contributed by atoms with van der Waals surface area (Å²) < 4.78 is 5.43. The molecule has 2 aromatic carbocycles. The summed E-state index contributed by atoms with van der Waals surface area (Å²) in [7, 11) is 1.67. The van der Waals surface area contributed by atoms with Gasteiger partial charge in [-0.05, 0) is 61.6 Å². The third-order valence-electron chi connectivity index (χ3n) is 5.45. The van der Waals surface area contributed by atoms with E-state index in [-0.39, 0.29) is 5.91 Å². The molecule has 0 unspecified atom stereocenters. The first-order chi connectivity index (χ1) is 12.5. The van der Waals surface area contributed by atoms with Crippen molar-refractivity contribution >= 4 is 23.2 Å². The lowest BCUT2D eigenvalue weighted by Gasteiger charge is -2.37. The summed E-state index contributed by atoms with van der Waals surface area (Å²) in [5.74, 6) is 0.899. The molecule has 1 fully saturated rings. The molecule has 1 aliphatic carbocycles. The van der Waals surface area contributed by atoms with E-state index in [1.165, 1.54) is 6.42 Å². The Balaban J connectivity index is 1.96. The minimum atomic E-state index is -0.557. The fourth-order valence-corrected chi connectivity index (χ4v) is 4.54. The molecule has 2 aromatic rings. The van der Waals surface area contributed by atoms with Crippen LogP contribution in [0.1, 0.15) is 48.8 Å². The fourth-order valence-electron chi connectivity index (χ4n) is 4.22. The summed E-state index contributed by atoms with van der Waals surface area (Å²) in [5, 5.41) is 3.83. The highest BCUT2D eigenvalue weighted by Gasteiger charge is 2.42. The van der Waals surface area contributed by atoms with Gasteiger partial charge in [0, 0.05) is 10.7 Å². The number of hydrogen-bond donors (Lipinski definition) is 1. The number of amides is 1. The highest BCUT2D eigenvalue weighted by molar-refractivity contribution is 6.31. The molecule has 0 heterocycles. The van der Waals surface area contributed by atoms with Crippen LogP contribution in [0.4, 0.5) is 5.69 Å². The number of carbonyl (C=O) groups is 1. The minimum absolute atomic E-state index is 0.0364. The van der Waals surface area contributed by atoms with Gasteiger partial charge in [-0.25, -0.2) is 0 Å². The molecule has 0 spiro atoms. The number of rotatable bonds is 4. The van der Waals surface area contributed by atoms with E-state index in [1.807, 2.05) is 50.2 Å². The van der Waals surface area contributed by atoms with Crippen molar-refractivity contribution in [2.45, 2.75) is 51.4 Å². The van der Waals surface area contributed by atoms with Crippen LogP contribution in [0.15, 0.2) is 36.4 Å². The van der Waals surface area contributed by atoms with E-state index in [0.717, 1.165) is 53.8 Å². The number of aryl methyl sites for hydroxylation is 2. The highest BCUT2D eigenvalue weighted by atomic mass is 35.5. The van der Waals surface area contributed by atoms with Gasteiger partial charge in [-0.15, -0.1) is 0 Å². The quantitative estimate of drug-likeness (QED) is 0.736. The average molecular weight is 372 g/mol. The minimum Gasteiger partial charge on any atom is -0.496 e. The number of hydrogen-bond acceptors (Lipinski definition) is 2. The first-order valence-electron chi connectivity index (χ1n) is 9.19. The number of carbonyl (C=O) groups excluding carboxylic acids is 1. The van der Waals surface area contributed by atoms with Gasteiger partial charge in [0.2, 0.25) is 5.91 Å². The fraction of sp³-hybridized carbons (Fsp3) is 0.409. The van der Waals surface area contributed by atoms with Crippen molar-refractivity contribution < 1.29 is 9.53 Å². The van der Waals surface area contributed by atoms with Crippen LogP contribution in [0.5, 0.6) is 5.75 Å². The van der Waals surface area contributed by atoms with Gasteiger partial charge in [-0.2, -0.15) is 0 Å². The van der Waals surface area contributed by atoms with E-state index in [1.54, 1.807) is 7.11 Å². The molecular weight excluding hydrogens is 346 g/mol. The Labute approximate surface area is 160 Å². The van der Waals surface area contributed by atoms with Crippen molar-refractivity contribution in [2.75, 3.05) is 12.4 Å². The van der Waals surface area contributed by atoms with E-state index >= 15 is 0 Å². The Hall–Kier alpha value is -2.00. The Morgan fingerprint density at radius 1 is 1.08 bits per heavy atom. The van der Waals surface area contributed by atoms with Gasteiger partial charge in [0.25, 0.3) is 0 Å². The molecule has 1 N–H and O–H groups in total. The van der Waals surface area contributed by atoms with Crippen LogP contribution >= 0.6 is 11.6 Å². The molecule has 4 heteroatoms. The van der Waals surface area contributed by atoms with Gasteiger partial charge in [-0.3, -0.25) is 4.79 Å². The molecule has 138 valence electrons. The van der Waals surface area contributed by atoms with E-state index in [4.69, 9.17) is 16.3 Å². The molecule has 0 aliphatic heterocycles. The maximum atomic E-state index is 13.4. The molecule has 3 rings (SSSR count). The molecule has 3 nitrogen and oxygen atoms in total. The molecule has 1 saturated carbocycles. The number of ether oxygens (including phenoxy) is 1. The summed E-state index contributed by atoms with van der Waals surface area (Å²) in [6.07, 6.45) is 4.91. The van der Waals surface area contributed by atoms with Crippen LogP contribution in [-0.4, -0.2) is 13.0 Å².